The highest BCUT2D eigenvalue weighted by atomic mass is 16.2. The van der Waals surface area contributed by atoms with E-state index in [0.717, 1.165) is 48.8 Å². The highest BCUT2D eigenvalue weighted by Crippen LogP contribution is 2.34. The Bertz CT molecular complexity index is 1010. The number of hydrogen-bond donors (Lipinski definition) is 1. The molecule has 0 bridgehead atoms. The van der Waals surface area contributed by atoms with Crippen LogP contribution in [0, 0.1) is 6.92 Å². The van der Waals surface area contributed by atoms with Gasteiger partial charge in [-0.05, 0) is 64.8 Å². The van der Waals surface area contributed by atoms with Crippen LogP contribution in [0.5, 0.6) is 0 Å². The van der Waals surface area contributed by atoms with Gasteiger partial charge in [-0.3, -0.25) is 14.2 Å². The fraction of sp³-hybridized carbons (Fsp3) is 0.435. The quantitative estimate of drug-likeness (QED) is 0.724. The summed E-state index contributed by atoms with van der Waals surface area (Å²) < 4.78 is 2.14. The van der Waals surface area contributed by atoms with Gasteiger partial charge in [0, 0.05) is 42.6 Å². The lowest BCUT2D eigenvalue weighted by Gasteiger charge is -2.32. The maximum atomic E-state index is 12.8. The molecule has 6 nitrogen and oxygen atoms in total. The van der Waals surface area contributed by atoms with E-state index in [-0.39, 0.29) is 11.4 Å². The number of carbonyl (C=O) groups excluding carboxylic acids is 1. The molecule has 1 saturated heterocycles. The lowest BCUT2D eigenvalue weighted by molar-refractivity contribution is 0.0712. The van der Waals surface area contributed by atoms with E-state index in [0.29, 0.717) is 11.5 Å². The lowest BCUT2D eigenvalue weighted by atomic mass is 9.92. The Morgan fingerprint density at radius 1 is 1.14 bits per heavy atom. The number of aromatic nitrogens is 3. The maximum absolute atomic E-state index is 12.8. The number of imidazole rings is 1. The Morgan fingerprint density at radius 2 is 1.90 bits per heavy atom. The maximum Gasteiger partial charge on any atom is 0.255 e. The van der Waals surface area contributed by atoms with Crippen molar-refractivity contribution in [2.45, 2.75) is 52.0 Å². The van der Waals surface area contributed by atoms with Crippen LogP contribution >= 0.6 is 0 Å². The monoisotopic (exact) mass is 391 g/mol. The van der Waals surface area contributed by atoms with Crippen LogP contribution < -0.4 is 5.32 Å². The number of piperidine rings is 1. The van der Waals surface area contributed by atoms with E-state index in [1.165, 1.54) is 0 Å². The van der Waals surface area contributed by atoms with Gasteiger partial charge in [0.25, 0.3) is 5.91 Å². The minimum atomic E-state index is -0.0599. The number of rotatable bonds is 3. The predicted molar refractivity (Wildman–Crippen MR) is 115 cm³/mol. The Kier molecular flexibility index (Phi) is 5.03. The smallest absolute Gasteiger partial charge is 0.255 e. The standard InChI is InChI=1S/C23H29N5O/c1-16-8-9-18(15-24-16)22(29)27-13-10-17(11-14-27)20-21(26-23(2,3)4)28-12-6-5-7-19(28)25-20/h5-9,12,15,17,26H,10-11,13-14H2,1-4H3. The molecule has 0 aromatic carbocycles. The van der Waals surface area contributed by atoms with Crippen molar-refractivity contribution in [1.82, 2.24) is 19.3 Å². The molecule has 1 fully saturated rings. The largest absolute Gasteiger partial charge is 0.365 e. The number of anilines is 1. The topological polar surface area (TPSA) is 62.5 Å². The van der Waals surface area contributed by atoms with Crippen molar-refractivity contribution in [1.29, 1.82) is 0 Å². The van der Waals surface area contributed by atoms with Crippen molar-refractivity contribution < 1.29 is 4.79 Å². The predicted octanol–water partition coefficient (Wildman–Crippen LogP) is 4.27. The fourth-order valence-electron chi connectivity index (χ4n) is 3.91. The summed E-state index contributed by atoms with van der Waals surface area (Å²) in [6.45, 7) is 9.89. The fourth-order valence-corrected chi connectivity index (χ4v) is 3.91. The van der Waals surface area contributed by atoms with Crippen molar-refractivity contribution in [3.63, 3.8) is 0 Å². The van der Waals surface area contributed by atoms with Crippen LogP contribution in [0.25, 0.3) is 5.65 Å². The van der Waals surface area contributed by atoms with Gasteiger partial charge in [-0.1, -0.05) is 6.07 Å². The van der Waals surface area contributed by atoms with E-state index in [4.69, 9.17) is 4.98 Å². The number of hydrogen-bond acceptors (Lipinski definition) is 4. The molecule has 0 unspecified atom stereocenters. The van der Waals surface area contributed by atoms with E-state index < -0.39 is 0 Å². The molecule has 4 heterocycles. The number of carbonyl (C=O) groups is 1. The molecule has 6 heteroatoms. The van der Waals surface area contributed by atoms with Crippen LogP contribution in [0.3, 0.4) is 0 Å². The highest BCUT2D eigenvalue weighted by Gasteiger charge is 2.29. The molecule has 0 atom stereocenters. The van der Waals surface area contributed by atoms with Gasteiger partial charge >= 0.3 is 0 Å². The Hall–Kier alpha value is -2.89. The molecule has 0 saturated carbocycles. The summed E-state index contributed by atoms with van der Waals surface area (Å²) in [6.07, 6.45) is 5.56. The molecule has 1 amide bonds. The summed E-state index contributed by atoms with van der Waals surface area (Å²) >= 11 is 0. The van der Waals surface area contributed by atoms with Gasteiger partial charge in [0.2, 0.25) is 0 Å². The third-order valence-electron chi connectivity index (χ3n) is 5.38. The molecule has 0 aliphatic carbocycles. The molecule has 3 aromatic rings. The van der Waals surface area contributed by atoms with Gasteiger partial charge < -0.3 is 10.2 Å². The van der Waals surface area contributed by atoms with Crippen molar-refractivity contribution in [3.8, 4) is 0 Å². The van der Waals surface area contributed by atoms with Crippen molar-refractivity contribution in [3.05, 3.63) is 59.7 Å². The minimum absolute atomic E-state index is 0.0599. The summed E-state index contributed by atoms with van der Waals surface area (Å²) in [7, 11) is 0. The zero-order chi connectivity index (χ0) is 20.6. The van der Waals surface area contributed by atoms with Gasteiger partial charge in [-0.15, -0.1) is 0 Å². The zero-order valence-electron chi connectivity index (χ0n) is 17.6. The van der Waals surface area contributed by atoms with Gasteiger partial charge in [0.05, 0.1) is 11.3 Å². The van der Waals surface area contributed by atoms with Crippen LogP contribution in [-0.4, -0.2) is 43.8 Å². The number of nitrogens with zero attached hydrogens (tertiary/aromatic N) is 4. The van der Waals surface area contributed by atoms with E-state index in [9.17, 15) is 4.79 Å². The van der Waals surface area contributed by atoms with Crippen LogP contribution in [0.15, 0.2) is 42.7 Å². The summed E-state index contributed by atoms with van der Waals surface area (Å²) in [5, 5.41) is 3.65. The number of pyridine rings is 2. The van der Waals surface area contributed by atoms with Crippen LogP contribution in [0.2, 0.25) is 0 Å². The molecular formula is C23H29N5O. The first-order chi connectivity index (χ1) is 13.8. The van der Waals surface area contributed by atoms with Gasteiger partial charge in [-0.2, -0.15) is 0 Å². The summed E-state index contributed by atoms with van der Waals surface area (Å²) in [4.78, 5) is 23.9. The third kappa shape index (κ3) is 4.11. The van der Waals surface area contributed by atoms with Gasteiger partial charge in [0.15, 0.2) is 0 Å². The highest BCUT2D eigenvalue weighted by molar-refractivity contribution is 5.94. The number of amides is 1. The second kappa shape index (κ2) is 7.50. The van der Waals surface area contributed by atoms with E-state index in [2.05, 4.69) is 41.7 Å². The number of aryl methyl sites for hydroxylation is 1. The van der Waals surface area contributed by atoms with Crippen LogP contribution in [-0.2, 0) is 0 Å². The zero-order valence-corrected chi connectivity index (χ0v) is 17.6. The summed E-state index contributed by atoms with van der Waals surface area (Å²) in [6, 6.07) is 9.85. The molecule has 1 N–H and O–H groups in total. The number of likely N-dealkylation sites (tertiary alicyclic amines) is 1. The van der Waals surface area contributed by atoms with E-state index in [1.54, 1.807) is 6.20 Å². The second-order valence-corrected chi connectivity index (χ2v) is 8.90. The Labute approximate surface area is 172 Å². The van der Waals surface area contributed by atoms with Crippen molar-refractivity contribution >= 4 is 17.4 Å². The van der Waals surface area contributed by atoms with E-state index >= 15 is 0 Å². The normalized spacial score (nSPS) is 15.7. The third-order valence-corrected chi connectivity index (χ3v) is 5.38. The average molecular weight is 392 g/mol. The lowest BCUT2D eigenvalue weighted by Crippen LogP contribution is -2.38. The first-order valence-electron chi connectivity index (χ1n) is 10.3. The van der Waals surface area contributed by atoms with E-state index in [1.807, 2.05) is 42.2 Å². The molecule has 152 valence electrons. The van der Waals surface area contributed by atoms with Crippen molar-refractivity contribution in [2.75, 3.05) is 18.4 Å². The summed E-state index contributed by atoms with van der Waals surface area (Å²) in [5.41, 5.74) is 3.59. The molecule has 0 spiro atoms. The minimum Gasteiger partial charge on any atom is -0.365 e. The molecule has 0 radical (unpaired) electrons. The molecule has 3 aromatic heterocycles. The second-order valence-electron chi connectivity index (χ2n) is 8.90. The number of fused-ring (bicyclic) bond motifs is 1. The van der Waals surface area contributed by atoms with Crippen LogP contribution in [0.1, 0.15) is 61.3 Å². The first-order valence-corrected chi connectivity index (χ1v) is 10.3. The summed E-state index contributed by atoms with van der Waals surface area (Å²) in [5.74, 6) is 1.47. The van der Waals surface area contributed by atoms with Gasteiger partial charge in [-0.25, -0.2) is 4.98 Å². The first kappa shape index (κ1) is 19.4. The molecule has 1 aliphatic rings. The Balaban J connectivity index is 1.54. The van der Waals surface area contributed by atoms with Crippen LogP contribution in [0.4, 0.5) is 5.82 Å². The molecule has 4 rings (SSSR count). The Morgan fingerprint density at radius 3 is 2.55 bits per heavy atom. The molecule has 1 aliphatic heterocycles. The average Bonchev–Trinajstić information content (AvgIpc) is 3.05. The number of nitrogens with one attached hydrogen (secondary N) is 1. The SMILES string of the molecule is Cc1ccc(C(=O)N2CCC(c3nc4ccccn4c3NC(C)(C)C)CC2)cn1. The van der Waals surface area contributed by atoms with Crippen molar-refractivity contribution in [2.24, 2.45) is 0 Å². The van der Waals surface area contributed by atoms with Gasteiger partial charge in [0.1, 0.15) is 11.5 Å². The molecule has 29 heavy (non-hydrogen) atoms. The molecular weight excluding hydrogens is 362 g/mol.